The Hall–Kier alpha value is -1.53. The van der Waals surface area contributed by atoms with Gasteiger partial charge in [-0.2, -0.15) is 0 Å². The van der Waals surface area contributed by atoms with Crippen LogP contribution in [-0.2, 0) is 6.42 Å². The van der Waals surface area contributed by atoms with E-state index in [1.807, 2.05) is 0 Å². The fourth-order valence-corrected chi connectivity index (χ4v) is 0.759. The standard InChI is InChI=1S/C7H6F3NO3/c8-3(6(9)10)1-5-11-4(2-14-5)7(12)13/h2-3,6H,1H2,(H,12,13). The molecular formula is C7H6F3NO3. The normalized spacial score (nSPS) is 13.1. The monoisotopic (exact) mass is 209 g/mol. The summed E-state index contributed by atoms with van der Waals surface area (Å²) in [5.74, 6) is -1.71. The number of halogens is 3. The van der Waals surface area contributed by atoms with Crippen LogP contribution in [0.25, 0.3) is 0 Å². The van der Waals surface area contributed by atoms with Gasteiger partial charge < -0.3 is 9.52 Å². The van der Waals surface area contributed by atoms with E-state index >= 15 is 0 Å². The second-order valence-corrected chi connectivity index (χ2v) is 2.49. The molecule has 0 amide bonds. The van der Waals surface area contributed by atoms with Crippen LogP contribution in [0.15, 0.2) is 10.7 Å². The zero-order valence-electron chi connectivity index (χ0n) is 6.78. The van der Waals surface area contributed by atoms with Gasteiger partial charge in [-0.1, -0.05) is 0 Å². The van der Waals surface area contributed by atoms with Crippen LogP contribution in [0.4, 0.5) is 13.2 Å². The third kappa shape index (κ3) is 2.48. The first-order valence-electron chi connectivity index (χ1n) is 3.60. The lowest BCUT2D eigenvalue weighted by atomic mass is 10.3. The van der Waals surface area contributed by atoms with Gasteiger partial charge in [0.1, 0.15) is 6.26 Å². The number of oxazole rings is 1. The van der Waals surface area contributed by atoms with Gasteiger partial charge in [-0.05, 0) is 0 Å². The lowest BCUT2D eigenvalue weighted by Gasteiger charge is -2.01. The quantitative estimate of drug-likeness (QED) is 0.816. The van der Waals surface area contributed by atoms with Crippen molar-refractivity contribution in [2.45, 2.75) is 19.0 Å². The van der Waals surface area contributed by atoms with Gasteiger partial charge in [-0.15, -0.1) is 0 Å². The number of nitrogens with zero attached hydrogens (tertiary/aromatic N) is 1. The Kier molecular flexibility index (Phi) is 3.10. The average molecular weight is 209 g/mol. The smallest absolute Gasteiger partial charge is 0.357 e. The summed E-state index contributed by atoms with van der Waals surface area (Å²) < 4.78 is 40.3. The molecule has 0 aliphatic heterocycles. The van der Waals surface area contributed by atoms with Crippen molar-refractivity contribution < 1.29 is 27.5 Å². The number of carboxylic acid groups (broad SMARTS) is 1. The third-order valence-electron chi connectivity index (χ3n) is 1.41. The molecule has 0 bridgehead atoms. The summed E-state index contributed by atoms with van der Waals surface area (Å²) in [5.41, 5.74) is -0.429. The molecule has 14 heavy (non-hydrogen) atoms. The first-order chi connectivity index (χ1) is 6.50. The van der Waals surface area contributed by atoms with Crippen LogP contribution in [0.5, 0.6) is 0 Å². The highest BCUT2D eigenvalue weighted by molar-refractivity contribution is 5.84. The van der Waals surface area contributed by atoms with E-state index in [-0.39, 0.29) is 5.89 Å². The first kappa shape index (κ1) is 10.6. The van der Waals surface area contributed by atoms with Crippen molar-refractivity contribution in [1.82, 2.24) is 4.98 Å². The lowest BCUT2D eigenvalue weighted by Crippen LogP contribution is -2.15. The molecule has 78 valence electrons. The highest BCUT2D eigenvalue weighted by Gasteiger charge is 2.22. The highest BCUT2D eigenvalue weighted by atomic mass is 19.3. The molecule has 0 fully saturated rings. The SMILES string of the molecule is O=C(O)c1coc(CC(F)C(F)F)n1. The maximum absolute atomic E-state index is 12.4. The van der Waals surface area contributed by atoms with Crippen molar-refractivity contribution in [2.75, 3.05) is 0 Å². The van der Waals surface area contributed by atoms with Crippen molar-refractivity contribution in [3.8, 4) is 0 Å². The molecule has 1 heterocycles. The van der Waals surface area contributed by atoms with Crippen LogP contribution in [0.1, 0.15) is 16.4 Å². The van der Waals surface area contributed by atoms with Crippen LogP contribution in [-0.4, -0.2) is 28.7 Å². The molecule has 7 heteroatoms. The topological polar surface area (TPSA) is 63.3 Å². The number of carbonyl (C=O) groups is 1. The van der Waals surface area contributed by atoms with Crippen molar-refractivity contribution in [3.05, 3.63) is 17.8 Å². The summed E-state index contributed by atoms with van der Waals surface area (Å²) in [7, 11) is 0. The molecule has 1 atom stereocenters. The number of aromatic carboxylic acids is 1. The molecule has 1 aromatic rings. The van der Waals surface area contributed by atoms with E-state index in [0.29, 0.717) is 0 Å². The van der Waals surface area contributed by atoms with Gasteiger partial charge in [0.2, 0.25) is 0 Å². The van der Waals surface area contributed by atoms with E-state index in [4.69, 9.17) is 5.11 Å². The first-order valence-corrected chi connectivity index (χ1v) is 3.60. The van der Waals surface area contributed by atoms with Gasteiger partial charge in [0.15, 0.2) is 17.8 Å². The number of aromatic nitrogens is 1. The molecule has 0 aromatic carbocycles. The minimum absolute atomic E-state index is 0.352. The molecule has 0 aliphatic carbocycles. The van der Waals surface area contributed by atoms with E-state index in [1.54, 1.807) is 0 Å². The van der Waals surface area contributed by atoms with Crippen molar-refractivity contribution in [3.63, 3.8) is 0 Å². The Balaban J connectivity index is 2.64. The predicted molar refractivity (Wildman–Crippen MR) is 38.1 cm³/mol. The summed E-state index contributed by atoms with van der Waals surface area (Å²) in [6.45, 7) is 0. The Morgan fingerprint density at radius 1 is 1.57 bits per heavy atom. The van der Waals surface area contributed by atoms with Gasteiger partial charge in [-0.3, -0.25) is 0 Å². The molecule has 0 saturated heterocycles. The lowest BCUT2D eigenvalue weighted by molar-refractivity contribution is 0.0468. The van der Waals surface area contributed by atoms with E-state index in [9.17, 15) is 18.0 Å². The number of carboxylic acids is 1. The van der Waals surface area contributed by atoms with Gasteiger partial charge in [-0.25, -0.2) is 22.9 Å². The zero-order valence-corrected chi connectivity index (χ0v) is 6.78. The van der Waals surface area contributed by atoms with E-state index in [2.05, 4.69) is 9.40 Å². The number of hydrogen-bond acceptors (Lipinski definition) is 3. The van der Waals surface area contributed by atoms with Crippen molar-refractivity contribution in [1.29, 1.82) is 0 Å². The minimum Gasteiger partial charge on any atom is -0.476 e. The highest BCUT2D eigenvalue weighted by Crippen LogP contribution is 2.12. The largest absolute Gasteiger partial charge is 0.476 e. The fraction of sp³-hybridized carbons (Fsp3) is 0.429. The molecule has 0 aliphatic rings. The maximum atomic E-state index is 12.4. The summed E-state index contributed by atoms with van der Waals surface area (Å²) in [6, 6.07) is 0. The van der Waals surface area contributed by atoms with Gasteiger partial charge in [0.05, 0.1) is 6.42 Å². The number of alkyl halides is 3. The summed E-state index contributed by atoms with van der Waals surface area (Å²) in [6.07, 6.45) is -5.48. The Labute approximate surface area is 76.4 Å². The molecule has 0 spiro atoms. The second-order valence-electron chi connectivity index (χ2n) is 2.49. The number of hydrogen-bond donors (Lipinski definition) is 1. The Bertz CT molecular complexity index is 326. The van der Waals surface area contributed by atoms with Crippen LogP contribution in [0.3, 0.4) is 0 Å². The second kappa shape index (κ2) is 4.12. The molecular weight excluding hydrogens is 203 g/mol. The van der Waals surface area contributed by atoms with Crippen molar-refractivity contribution >= 4 is 5.97 Å². The molecule has 4 nitrogen and oxygen atoms in total. The fourth-order valence-electron chi connectivity index (χ4n) is 0.759. The van der Waals surface area contributed by atoms with Crippen LogP contribution < -0.4 is 0 Å². The third-order valence-corrected chi connectivity index (χ3v) is 1.41. The van der Waals surface area contributed by atoms with Gasteiger partial charge >= 0.3 is 5.97 Å². The summed E-state index contributed by atoms with van der Waals surface area (Å²) in [4.78, 5) is 13.6. The maximum Gasteiger partial charge on any atom is 0.357 e. The zero-order chi connectivity index (χ0) is 10.7. The van der Waals surface area contributed by atoms with Crippen LogP contribution in [0, 0.1) is 0 Å². The minimum atomic E-state index is -3.13. The molecule has 1 rings (SSSR count). The molecule has 1 N–H and O–H groups in total. The Morgan fingerprint density at radius 3 is 2.64 bits per heavy atom. The predicted octanol–water partition coefficient (Wildman–Crippen LogP) is 1.52. The van der Waals surface area contributed by atoms with Gasteiger partial charge in [0.25, 0.3) is 6.43 Å². The number of rotatable bonds is 4. The van der Waals surface area contributed by atoms with E-state index in [1.165, 1.54) is 0 Å². The van der Waals surface area contributed by atoms with Crippen LogP contribution >= 0.6 is 0 Å². The summed E-state index contributed by atoms with van der Waals surface area (Å²) in [5, 5.41) is 8.38. The molecule has 0 saturated carbocycles. The van der Waals surface area contributed by atoms with E-state index < -0.39 is 30.7 Å². The molecule has 1 aromatic heterocycles. The van der Waals surface area contributed by atoms with Crippen LogP contribution in [0.2, 0.25) is 0 Å². The average Bonchev–Trinajstić information content (AvgIpc) is 2.52. The van der Waals surface area contributed by atoms with Crippen molar-refractivity contribution in [2.24, 2.45) is 0 Å². The summed E-state index contributed by atoms with van der Waals surface area (Å²) >= 11 is 0. The molecule has 0 radical (unpaired) electrons. The van der Waals surface area contributed by atoms with Gasteiger partial charge in [0, 0.05) is 0 Å². The molecule has 1 unspecified atom stereocenters. The van der Waals surface area contributed by atoms with E-state index in [0.717, 1.165) is 6.26 Å². The Morgan fingerprint density at radius 2 is 2.21 bits per heavy atom.